The topological polar surface area (TPSA) is 22.4 Å². The van der Waals surface area contributed by atoms with Crippen LogP contribution >= 0.6 is 0 Å². The van der Waals surface area contributed by atoms with E-state index in [2.05, 4.69) is 94.4 Å². The number of hydrogen-bond donors (Lipinski definition) is 0. The van der Waals surface area contributed by atoms with Crippen LogP contribution in [0.4, 0.5) is 0 Å². The Morgan fingerprint density at radius 3 is 1.86 bits per heavy atom. The molecular formula is C25H32O2Si. The fourth-order valence-corrected chi connectivity index (χ4v) is 8.70. The Morgan fingerprint density at radius 1 is 0.857 bits per heavy atom. The number of hydrogen-bond acceptors (Lipinski definition) is 2. The van der Waals surface area contributed by atoms with E-state index in [9.17, 15) is 0 Å². The fourth-order valence-electron chi connectivity index (χ4n) is 4.03. The fraction of sp³-hybridized carbons (Fsp3) is 0.360. The third-order valence-corrected chi connectivity index (χ3v) is 10.5. The number of rotatable bonds is 8. The first-order chi connectivity index (χ1) is 13.5. The predicted octanol–water partition coefficient (Wildman–Crippen LogP) is 6.09. The summed E-state index contributed by atoms with van der Waals surface area (Å²) in [5.74, 6) is 0.932. The van der Waals surface area contributed by atoms with Gasteiger partial charge < -0.3 is 8.84 Å². The molecule has 0 radical (unpaired) electrons. The molecule has 0 aliphatic carbocycles. The second kappa shape index (κ2) is 8.93. The van der Waals surface area contributed by atoms with Crippen molar-refractivity contribution in [3.63, 3.8) is 0 Å². The van der Waals surface area contributed by atoms with Crippen LogP contribution in [-0.4, -0.2) is 8.32 Å². The zero-order valence-corrected chi connectivity index (χ0v) is 18.5. The van der Waals surface area contributed by atoms with E-state index in [1.807, 2.05) is 6.07 Å². The number of furan rings is 1. The highest BCUT2D eigenvalue weighted by Crippen LogP contribution is 2.41. The van der Waals surface area contributed by atoms with Crippen molar-refractivity contribution in [1.82, 2.24) is 0 Å². The van der Waals surface area contributed by atoms with Crippen LogP contribution in [0.2, 0.25) is 5.04 Å². The number of benzene rings is 2. The molecule has 3 rings (SSSR count). The van der Waals surface area contributed by atoms with Gasteiger partial charge in [-0.15, -0.1) is 0 Å². The van der Waals surface area contributed by atoms with Gasteiger partial charge in [-0.25, -0.2) is 0 Å². The molecular weight excluding hydrogens is 360 g/mol. The SMILES string of the molecule is CCCCC(O[Si](c1ccccc1)(c1ccccc1)C(C)(C)C)c1ccco1. The van der Waals surface area contributed by atoms with E-state index in [0.29, 0.717) is 0 Å². The van der Waals surface area contributed by atoms with Crippen molar-refractivity contribution in [2.24, 2.45) is 0 Å². The van der Waals surface area contributed by atoms with E-state index in [1.54, 1.807) is 6.26 Å². The van der Waals surface area contributed by atoms with Crippen molar-refractivity contribution >= 4 is 18.7 Å². The highest BCUT2D eigenvalue weighted by Gasteiger charge is 2.51. The van der Waals surface area contributed by atoms with Gasteiger partial charge in [0.05, 0.1) is 6.26 Å². The lowest BCUT2D eigenvalue weighted by Crippen LogP contribution is -2.66. The third-order valence-electron chi connectivity index (χ3n) is 5.42. The van der Waals surface area contributed by atoms with Crippen molar-refractivity contribution in [3.05, 3.63) is 84.8 Å². The van der Waals surface area contributed by atoms with Gasteiger partial charge in [0.15, 0.2) is 0 Å². The summed E-state index contributed by atoms with van der Waals surface area (Å²) in [6, 6.07) is 25.6. The zero-order valence-electron chi connectivity index (χ0n) is 17.5. The summed E-state index contributed by atoms with van der Waals surface area (Å²) in [7, 11) is -2.58. The summed E-state index contributed by atoms with van der Waals surface area (Å²) >= 11 is 0. The molecule has 3 heteroatoms. The lowest BCUT2D eigenvalue weighted by atomic mass is 10.1. The summed E-state index contributed by atoms with van der Waals surface area (Å²) in [5.41, 5.74) is 0. The Morgan fingerprint density at radius 2 is 1.43 bits per heavy atom. The van der Waals surface area contributed by atoms with Gasteiger partial charge in [0.2, 0.25) is 0 Å². The monoisotopic (exact) mass is 392 g/mol. The van der Waals surface area contributed by atoms with Crippen molar-refractivity contribution in [2.75, 3.05) is 0 Å². The highest BCUT2D eigenvalue weighted by atomic mass is 28.4. The molecule has 0 amide bonds. The average molecular weight is 393 g/mol. The lowest BCUT2D eigenvalue weighted by molar-refractivity contribution is 0.151. The number of unbranched alkanes of at least 4 members (excludes halogenated alkanes) is 1. The predicted molar refractivity (Wildman–Crippen MR) is 120 cm³/mol. The van der Waals surface area contributed by atoms with Crippen molar-refractivity contribution < 1.29 is 8.84 Å². The Hall–Kier alpha value is -2.10. The minimum atomic E-state index is -2.58. The van der Waals surface area contributed by atoms with Gasteiger partial charge in [-0.2, -0.15) is 0 Å². The van der Waals surface area contributed by atoms with Crippen LogP contribution in [0.15, 0.2) is 83.5 Å². The molecule has 0 aliphatic rings. The van der Waals surface area contributed by atoms with Gasteiger partial charge in [0.25, 0.3) is 8.32 Å². The molecule has 28 heavy (non-hydrogen) atoms. The van der Waals surface area contributed by atoms with Crippen LogP contribution in [0.1, 0.15) is 58.8 Å². The van der Waals surface area contributed by atoms with Crippen LogP contribution in [-0.2, 0) is 4.43 Å². The maximum Gasteiger partial charge on any atom is 0.262 e. The van der Waals surface area contributed by atoms with E-state index in [0.717, 1.165) is 25.0 Å². The van der Waals surface area contributed by atoms with Gasteiger partial charge in [-0.05, 0) is 34.0 Å². The molecule has 148 valence electrons. The van der Waals surface area contributed by atoms with Gasteiger partial charge in [-0.1, -0.05) is 101 Å². The normalized spacial score (nSPS) is 13.4. The Kier molecular flexibility index (Phi) is 6.58. The minimum Gasteiger partial charge on any atom is -0.467 e. The van der Waals surface area contributed by atoms with Crippen LogP contribution in [0.25, 0.3) is 0 Å². The van der Waals surface area contributed by atoms with Crippen molar-refractivity contribution in [1.29, 1.82) is 0 Å². The van der Waals surface area contributed by atoms with Crippen molar-refractivity contribution in [2.45, 2.75) is 58.1 Å². The second-order valence-electron chi connectivity index (χ2n) is 8.43. The minimum absolute atomic E-state index is 0.0350. The zero-order chi connectivity index (χ0) is 20.0. The molecule has 1 atom stereocenters. The van der Waals surface area contributed by atoms with Crippen LogP contribution in [0, 0.1) is 0 Å². The second-order valence-corrected chi connectivity index (χ2v) is 12.7. The molecule has 0 saturated carbocycles. The smallest absolute Gasteiger partial charge is 0.262 e. The first-order valence-electron chi connectivity index (χ1n) is 10.3. The van der Waals surface area contributed by atoms with Gasteiger partial charge in [-0.3, -0.25) is 0 Å². The van der Waals surface area contributed by atoms with Crippen LogP contribution in [0.3, 0.4) is 0 Å². The van der Waals surface area contributed by atoms with Crippen LogP contribution in [0.5, 0.6) is 0 Å². The quantitative estimate of drug-likeness (QED) is 0.433. The molecule has 2 nitrogen and oxygen atoms in total. The summed E-state index contributed by atoms with van der Waals surface area (Å²) < 4.78 is 13.1. The maximum absolute atomic E-state index is 7.27. The Balaban J connectivity index is 2.17. The molecule has 0 saturated heterocycles. The lowest BCUT2D eigenvalue weighted by Gasteiger charge is -2.45. The summed E-state index contributed by atoms with van der Waals surface area (Å²) in [4.78, 5) is 0. The molecule has 0 spiro atoms. The first kappa shape index (κ1) is 20.6. The van der Waals surface area contributed by atoms with Crippen LogP contribution < -0.4 is 10.4 Å². The molecule has 0 N–H and O–H groups in total. The first-order valence-corrected chi connectivity index (χ1v) is 12.2. The van der Waals surface area contributed by atoms with E-state index in [-0.39, 0.29) is 11.1 Å². The molecule has 0 aliphatic heterocycles. The Labute approximate surface area is 170 Å². The van der Waals surface area contributed by atoms with E-state index in [4.69, 9.17) is 8.84 Å². The molecule has 1 unspecified atom stereocenters. The Bertz CT molecular complexity index is 780. The van der Waals surface area contributed by atoms with Gasteiger partial charge in [0, 0.05) is 0 Å². The van der Waals surface area contributed by atoms with E-state index in [1.165, 1.54) is 10.4 Å². The summed E-state index contributed by atoms with van der Waals surface area (Å²) in [6.45, 7) is 9.18. The van der Waals surface area contributed by atoms with Gasteiger partial charge >= 0.3 is 0 Å². The maximum atomic E-state index is 7.27. The van der Waals surface area contributed by atoms with Gasteiger partial charge in [0.1, 0.15) is 11.9 Å². The summed E-state index contributed by atoms with van der Waals surface area (Å²) in [5, 5.41) is 2.58. The molecule has 2 aromatic carbocycles. The molecule has 1 aromatic heterocycles. The van der Waals surface area contributed by atoms with E-state index < -0.39 is 8.32 Å². The van der Waals surface area contributed by atoms with Crippen molar-refractivity contribution in [3.8, 4) is 0 Å². The summed E-state index contributed by atoms with van der Waals surface area (Å²) in [6.07, 6.45) is 4.93. The molecule has 0 bridgehead atoms. The highest BCUT2D eigenvalue weighted by molar-refractivity contribution is 6.99. The largest absolute Gasteiger partial charge is 0.467 e. The molecule has 1 heterocycles. The van der Waals surface area contributed by atoms with E-state index >= 15 is 0 Å². The molecule has 0 fully saturated rings. The standard InChI is InChI=1S/C25H32O2Si/c1-5-6-18-24(23-19-13-20-26-23)27-28(25(2,3)4,21-14-9-7-10-15-21)22-16-11-8-12-17-22/h7-17,19-20,24H,5-6,18H2,1-4H3. The average Bonchev–Trinajstić information content (AvgIpc) is 3.23. The third kappa shape index (κ3) is 4.16. The molecule has 3 aromatic rings.